The summed E-state index contributed by atoms with van der Waals surface area (Å²) >= 11 is 6.07. The van der Waals surface area contributed by atoms with E-state index in [4.69, 9.17) is 16.3 Å². The van der Waals surface area contributed by atoms with E-state index in [1.165, 1.54) is 37.3 Å². The van der Waals surface area contributed by atoms with E-state index in [9.17, 15) is 18.0 Å². The highest BCUT2D eigenvalue weighted by Gasteiger charge is 2.30. The largest absolute Gasteiger partial charge is 0.444 e. The van der Waals surface area contributed by atoms with Crippen molar-refractivity contribution in [2.45, 2.75) is 70.2 Å². The van der Waals surface area contributed by atoms with Crippen LogP contribution in [0.1, 0.15) is 67.6 Å². The van der Waals surface area contributed by atoms with E-state index in [2.05, 4.69) is 16.8 Å². The van der Waals surface area contributed by atoms with Crippen molar-refractivity contribution in [1.29, 1.82) is 0 Å². The number of likely N-dealkylation sites (N-methyl/N-ethyl adjacent to an activating group) is 1. The molecule has 2 aromatic rings. The zero-order valence-corrected chi connectivity index (χ0v) is 25.9. The summed E-state index contributed by atoms with van der Waals surface area (Å²) in [5.74, 6) is -1.21. The number of piperidine rings is 1. The number of likely N-dealkylation sites (tertiary alicyclic amines) is 1. The van der Waals surface area contributed by atoms with Crippen molar-refractivity contribution in [3.8, 4) is 0 Å². The van der Waals surface area contributed by atoms with Gasteiger partial charge in [0.05, 0.1) is 10.6 Å². The van der Waals surface area contributed by atoms with Crippen LogP contribution in [-0.4, -0.2) is 67.8 Å². The van der Waals surface area contributed by atoms with Crippen LogP contribution >= 0.6 is 11.6 Å². The average Bonchev–Trinajstić information content (AvgIpc) is 2.91. The number of nitrogens with zero attached hydrogens (tertiary/aromatic N) is 2. The number of rotatable bonds is 9. The molecule has 0 saturated carbocycles. The summed E-state index contributed by atoms with van der Waals surface area (Å²) in [6.07, 6.45) is 2.76. The van der Waals surface area contributed by atoms with Gasteiger partial charge in [0.1, 0.15) is 11.4 Å². The molecule has 0 aliphatic carbocycles. The average molecular weight is 608 g/mol. The summed E-state index contributed by atoms with van der Waals surface area (Å²) in [7, 11) is -1.82. The molecule has 2 amide bonds. The van der Waals surface area contributed by atoms with Gasteiger partial charge in [0.25, 0.3) is 5.91 Å². The van der Waals surface area contributed by atoms with Gasteiger partial charge in [-0.05, 0) is 81.6 Å². The van der Waals surface area contributed by atoms with Gasteiger partial charge in [-0.15, -0.1) is 0 Å². The highest BCUT2D eigenvalue weighted by molar-refractivity contribution is 7.91. The molecule has 1 saturated heterocycles. The molecule has 1 aliphatic rings. The van der Waals surface area contributed by atoms with Crippen LogP contribution in [-0.2, 0) is 27.7 Å². The topological polar surface area (TPSA) is 96.0 Å². The van der Waals surface area contributed by atoms with E-state index in [0.717, 1.165) is 19.4 Å². The molecule has 1 aliphatic heterocycles. The first-order chi connectivity index (χ1) is 19.1. The second-order valence-electron chi connectivity index (χ2n) is 11.2. The number of hydrogen-bond donors (Lipinski definition) is 1. The first-order valence-corrected chi connectivity index (χ1v) is 15.6. The molecule has 2 aromatic carbocycles. The fraction of sp³-hybridized carbons (Fsp3) is 0.467. The van der Waals surface area contributed by atoms with Crippen LogP contribution < -0.4 is 5.32 Å². The summed E-state index contributed by atoms with van der Waals surface area (Å²) in [6.45, 7) is 12.3. The zero-order valence-electron chi connectivity index (χ0n) is 24.3. The maximum absolute atomic E-state index is 15.4. The zero-order chi connectivity index (χ0) is 30.5. The van der Waals surface area contributed by atoms with Crippen molar-refractivity contribution in [1.82, 2.24) is 15.1 Å². The minimum Gasteiger partial charge on any atom is -0.444 e. The SMILES string of the molecule is C=Cc1cc(C(=O)NCc2cc(Cl)ccc2S(=O)(=O)CC)cc(F)c1CN1CCC[C@H](N(C)C(=O)OC(C)(C)C)C1. The number of hydrogen-bond acceptors (Lipinski definition) is 6. The Kier molecular flexibility index (Phi) is 10.6. The van der Waals surface area contributed by atoms with Gasteiger partial charge in [-0.25, -0.2) is 17.6 Å². The van der Waals surface area contributed by atoms with Gasteiger partial charge in [0.2, 0.25) is 0 Å². The molecule has 0 spiro atoms. The van der Waals surface area contributed by atoms with Gasteiger partial charge in [0.15, 0.2) is 9.84 Å². The van der Waals surface area contributed by atoms with Crippen LogP contribution in [0.4, 0.5) is 9.18 Å². The quantitative estimate of drug-likeness (QED) is 0.394. The predicted molar refractivity (Wildman–Crippen MR) is 159 cm³/mol. The fourth-order valence-electron chi connectivity index (χ4n) is 4.76. The lowest BCUT2D eigenvalue weighted by molar-refractivity contribution is 0.0129. The molecule has 0 unspecified atom stereocenters. The second kappa shape index (κ2) is 13.4. The van der Waals surface area contributed by atoms with Crippen molar-refractivity contribution >= 4 is 39.5 Å². The van der Waals surface area contributed by atoms with Gasteiger partial charge in [-0.2, -0.15) is 0 Å². The van der Waals surface area contributed by atoms with E-state index in [1.54, 1.807) is 18.0 Å². The number of carbonyl (C=O) groups is 2. The van der Waals surface area contributed by atoms with E-state index >= 15 is 4.39 Å². The maximum Gasteiger partial charge on any atom is 0.410 e. The number of amides is 2. The molecular formula is C30H39ClFN3O5S. The van der Waals surface area contributed by atoms with Crippen molar-refractivity contribution in [3.63, 3.8) is 0 Å². The summed E-state index contributed by atoms with van der Waals surface area (Å²) in [4.78, 5) is 29.3. The standard InChI is InChI=1S/C30H39ClFN3O5S/c1-7-20-14-21(28(36)33-17-22-15-23(31)11-12-27(22)41(38,39)8-2)16-26(32)25(20)19-35-13-9-10-24(18-35)34(6)29(37)40-30(3,4)5/h7,11-12,14-16,24H,1,8-10,13,17-19H2,2-6H3,(H,33,36)/t24-/m0/s1. The van der Waals surface area contributed by atoms with Crippen LogP contribution in [0.15, 0.2) is 41.8 Å². The number of carbonyl (C=O) groups excluding carboxylic acids is 2. The lowest BCUT2D eigenvalue weighted by Crippen LogP contribution is -2.49. The molecule has 41 heavy (non-hydrogen) atoms. The smallest absolute Gasteiger partial charge is 0.410 e. The Morgan fingerprint density at radius 2 is 1.98 bits per heavy atom. The Balaban J connectivity index is 1.74. The third-order valence-corrected chi connectivity index (χ3v) is 9.04. The van der Waals surface area contributed by atoms with Gasteiger partial charge in [0, 0.05) is 48.9 Å². The van der Waals surface area contributed by atoms with E-state index in [1.807, 2.05) is 20.8 Å². The Morgan fingerprint density at radius 3 is 2.61 bits per heavy atom. The minimum absolute atomic E-state index is 0.0770. The van der Waals surface area contributed by atoms with Crippen molar-refractivity contribution in [2.75, 3.05) is 25.9 Å². The third kappa shape index (κ3) is 8.53. The summed E-state index contributed by atoms with van der Waals surface area (Å²) in [5, 5.41) is 3.02. The van der Waals surface area contributed by atoms with Crippen molar-refractivity contribution in [3.05, 3.63) is 70.0 Å². The molecule has 0 radical (unpaired) electrons. The van der Waals surface area contributed by atoms with Crippen LogP contribution in [0.2, 0.25) is 5.02 Å². The maximum atomic E-state index is 15.4. The molecule has 1 fully saturated rings. The molecule has 3 rings (SSSR count). The number of halogens is 2. The molecule has 224 valence electrons. The lowest BCUT2D eigenvalue weighted by Gasteiger charge is -2.38. The minimum atomic E-state index is -3.53. The predicted octanol–water partition coefficient (Wildman–Crippen LogP) is 5.68. The van der Waals surface area contributed by atoms with E-state index in [-0.39, 0.29) is 35.3 Å². The summed E-state index contributed by atoms with van der Waals surface area (Å²) < 4.78 is 45.9. The van der Waals surface area contributed by atoms with Gasteiger partial charge in [-0.1, -0.05) is 31.2 Å². The van der Waals surface area contributed by atoms with Gasteiger partial charge in [-0.3, -0.25) is 9.69 Å². The monoisotopic (exact) mass is 607 g/mol. The third-order valence-electron chi connectivity index (χ3n) is 6.98. The van der Waals surface area contributed by atoms with Gasteiger partial charge < -0.3 is 15.0 Å². The van der Waals surface area contributed by atoms with Crippen molar-refractivity contribution in [2.24, 2.45) is 0 Å². The Hall–Kier alpha value is -2.95. The lowest BCUT2D eigenvalue weighted by atomic mass is 9.99. The molecule has 0 aromatic heterocycles. The molecule has 1 N–H and O–H groups in total. The highest BCUT2D eigenvalue weighted by Crippen LogP contribution is 2.25. The van der Waals surface area contributed by atoms with Crippen LogP contribution in [0.3, 0.4) is 0 Å². The molecule has 11 heteroatoms. The highest BCUT2D eigenvalue weighted by atomic mass is 35.5. The van der Waals surface area contributed by atoms with E-state index < -0.39 is 33.3 Å². The van der Waals surface area contributed by atoms with Crippen molar-refractivity contribution < 1.29 is 27.1 Å². The number of benzene rings is 2. The summed E-state index contributed by atoms with van der Waals surface area (Å²) in [6, 6.07) is 7.06. The molecule has 8 nitrogen and oxygen atoms in total. The first-order valence-electron chi connectivity index (χ1n) is 13.6. The normalized spacial score (nSPS) is 16.2. The Labute approximate surface area is 247 Å². The molecule has 1 heterocycles. The fourth-order valence-corrected chi connectivity index (χ4v) is 6.07. The molecular weight excluding hydrogens is 569 g/mol. The number of nitrogens with one attached hydrogen (secondary N) is 1. The number of ether oxygens (including phenoxy) is 1. The van der Waals surface area contributed by atoms with Crippen LogP contribution in [0.25, 0.3) is 6.08 Å². The first kappa shape index (κ1) is 32.6. The molecule has 1 atom stereocenters. The van der Waals surface area contributed by atoms with Crippen LogP contribution in [0.5, 0.6) is 0 Å². The second-order valence-corrected chi connectivity index (χ2v) is 13.9. The Morgan fingerprint density at radius 1 is 1.27 bits per heavy atom. The summed E-state index contributed by atoms with van der Waals surface area (Å²) in [5.41, 5.74) is 0.728. The molecule has 0 bridgehead atoms. The number of sulfone groups is 1. The van der Waals surface area contributed by atoms with Crippen LogP contribution in [0, 0.1) is 5.82 Å². The van der Waals surface area contributed by atoms with E-state index in [0.29, 0.717) is 28.3 Å². The Bertz CT molecular complexity index is 1410. The van der Waals surface area contributed by atoms with Gasteiger partial charge >= 0.3 is 6.09 Å².